The lowest BCUT2D eigenvalue weighted by atomic mass is 10.2. The molecule has 17 heavy (non-hydrogen) atoms. The smallest absolute Gasteiger partial charge is 0.221 e. The van der Waals surface area contributed by atoms with Crippen LogP contribution in [0, 0.1) is 6.92 Å². The van der Waals surface area contributed by atoms with Crippen LogP contribution in [0.1, 0.15) is 5.56 Å². The Morgan fingerprint density at radius 3 is 2.88 bits per heavy atom. The lowest BCUT2D eigenvalue weighted by molar-refractivity contribution is 0.995. The van der Waals surface area contributed by atoms with Crippen LogP contribution in [-0.4, -0.2) is 14.5 Å². The topological polar surface area (TPSA) is 56.7 Å². The third-order valence-corrected chi connectivity index (χ3v) is 2.79. The lowest BCUT2D eigenvalue weighted by Crippen LogP contribution is -2.03. The minimum Gasteiger partial charge on any atom is -0.368 e. The zero-order valence-electron chi connectivity index (χ0n) is 9.46. The van der Waals surface area contributed by atoms with Crippen molar-refractivity contribution in [3.63, 3.8) is 0 Å². The Labute approximate surface area is 98.7 Å². The van der Waals surface area contributed by atoms with Gasteiger partial charge in [0.2, 0.25) is 5.95 Å². The van der Waals surface area contributed by atoms with Crippen molar-refractivity contribution in [1.82, 2.24) is 14.5 Å². The number of aryl methyl sites for hydroxylation is 1. The SMILES string of the molecule is Cc1cnc(N)nc1-n1ccc2ccccc21. The van der Waals surface area contributed by atoms with Gasteiger partial charge in [0.15, 0.2) is 0 Å². The van der Waals surface area contributed by atoms with Crippen molar-refractivity contribution in [1.29, 1.82) is 0 Å². The number of benzene rings is 1. The van der Waals surface area contributed by atoms with E-state index in [1.807, 2.05) is 29.8 Å². The first kappa shape index (κ1) is 9.84. The Kier molecular flexibility index (Phi) is 2.08. The van der Waals surface area contributed by atoms with Gasteiger partial charge in [-0.2, -0.15) is 4.98 Å². The zero-order chi connectivity index (χ0) is 11.8. The molecule has 0 aliphatic rings. The summed E-state index contributed by atoms with van der Waals surface area (Å²) < 4.78 is 2.03. The van der Waals surface area contributed by atoms with Crippen molar-refractivity contribution in [3.05, 3.63) is 48.3 Å². The molecule has 0 unspecified atom stereocenters. The number of aromatic nitrogens is 3. The molecule has 2 N–H and O–H groups in total. The van der Waals surface area contributed by atoms with Crippen molar-refractivity contribution >= 4 is 16.9 Å². The zero-order valence-corrected chi connectivity index (χ0v) is 9.46. The van der Waals surface area contributed by atoms with Crippen LogP contribution in [0.2, 0.25) is 0 Å². The normalized spacial score (nSPS) is 10.9. The summed E-state index contributed by atoms with van der Waals surface area (Å²) in [4.78, 5) is 8.28. The molecular formula is C13H12N4. The summed E-state index contributed by atoms with van der Waals surface area (Å²) >= 11 is 0. The van der Waals surface area contributed by atoms with E-state index in [-0.39, 0.29) is 0 Å². The Morgan fingerprint density at radius 2 is 2.00 bits per heavy atom. The Bertz CT molecular complexity index is 685. The second-order valence-electron chi connectivity index (χ2n) is 3.98. The molecule has 3 rings (SSSR count). The van der Waals surface area contributed by atoms with Gasteiger partial charge >= 0.3 is 0 Å². The second-order valence-corrected chi connectivity index (χ2v) is 3.98. The highest BCUT2D eigenvalue weighted by molar-refractivity contribution is 5.81. The molecule has 2 aromatic heterocycles. The molecule has 1 aromatic carbocycles. The third-order valence-electron chi connectivity index (χ3n) is 2.79. The first-order valence-corrected chi connectivity index (χ1v) is 5.41. The Morgan fingerprint density at radius 1 is 1.18 bits per heavy atom. The van der Waals surface area contributed by atoms with Crippen molar-refractivity contribution in [2.24, 2.45) is 0 Å². The van der Waals surface area contributed by atoms with Crippen LogP contribution in [0.25, 0.3) is 16.7 Å². The van der Waals surface area contributed by atoms with E-state index in [1.165, 1.54) is 5.39 Å². The minimum atomic E-state index is 0.295. The molecule has 0 spiro atoms. The van der Waals surface area contributed by atoms with Gasteiger partial charge in [-0.05, 0) is 24.4 Å². The van der Waals surface area contributed by atoms with Gasteiger partial charge in [0.25, 0.3) is 0 Å². The summed E-state index contributed by atoms with van der Waals surface area (Å²) in [5, 5.41) is 1.18. The van der Waals surface area contributed by atoms with Gasteiger partial charge in [-0.25, -0.2) is 4.98 Å². The molecule has 4 heteroatoms. The van der Waals surface area contributed by atoms with Crippen molar-refractivity contribution in [3.8, 4) is 5.82 Å². The molecule has 0 atom stereocenters. The molecule has 0 aliphatic carbocycles. The van der Waals surface area contributed by atoms with Crippen LogP contribution in [0.15, 0.2) is 42.7 Å². The number of hydrogen-bond acceptors (Lipinski definition) is 3. The number of para-hydroxylation sites is 1. The predicted molar refractivity (Wildman–Crippen MR) is 68.0 cm³/mol. The number of nitrogen functional groups attached to an aromatic ring is 1. The van der Waals surface area contributed by atoms with Crippen LogP contribution >= 0.6 is 0 Å². The van der Waals surface area contributed by atoms with Crippen molar-refractivity contribution < 1.29 is 0 Å². The first-order valence-electron chi connectivity index (χ1n) is 5.41. The molecule has 0 fully saturated rings. The summed E-state index contributed by atoms with van der Waals surface area (Å²) in [6.07, 6.45) is 3.74. The van der Waals surface area contributed by atoms with E-state index in [0.717, 1.165) is 16.9 Å². The molecule has 3 aromatic rings. The van der Waals surface area contributed by atoms with E-state index in [0.29, 0.717) is 5.95 Å². The number of fused-ring (bicyclic) bond motifs is 1. The molecule has 0 radical (unpaired) electrons. The van der Waals surface area contributed by atoms with E-state index in [2.05, 4.69) is 28.2 Å². The Hall–Kier alpha value is -2.36. The third kappa shape index (κ3) is 1.54. The van der Waals surface area contributed by atoms with E-state index in [1.54, 1.807) is 6.20 Å². The monoisotopic (exact) mass is 224 g/mol. The van der Waals surface area contributed by atoms with E-state index < -0.39 is 0 Å². The summed E-state index contributed by atoms with van der Waals surface area (Å²) in [5.74, 6) is 1.13. The number of rotatable bonds is 1. The lowest BCUT2D eigenvalue weighted by Gasteiger charge is -2.07. The quantitative estimate of drug-likeness (QED) is 0.690. The summed E-state index contributed by atoms with van der Waals surface area (Å²) in [6.45, 7) is 1.98. The molecular weight excluding hydrogens is 212 g/mol. The standard InChI is InChI=1S/C13H12N4/c1-9-8-15-13(14)16-12(9)17-7-6-10-4-2-3-5-11(10)17/h2-8H,1H3,(H2,14,15,16). The van der Waals surface area contributed by atoms with Crippen LogP contribution in [-0.2, 0) is 0 Å². The van der Waals surface area contributed by atoms with Crippen LogP contribution in [0.4, 0.5) is 5.95 Å². The van der Waals surface area contributed by atoms with Crippen molar-refractivity contribution in [2.45, 2.75) is 6.92 Å². The highest BCUT2D eigenvalue weighted by Crippen LogP contribution is 2.20. The van der Waals surface area contributed by atoms with E-state index in [4.69, 9.17) is 5.73 Å². The molecule has 0 saturated carbocycles. The average Bonchev–Trinajstić information content (AvgIpc) is 2.76. The summed E-state index contributed by atoms with van der Waals surface area (Å²) in [5.41, 5.74) is 7.76. The molecule has 0 aliphatic heterocycles. The van der Waals surface area contributed by atoms with Crippen LogP contribution in [0.3, 0.4) is 0 Å². The van der Waals surface area contributed by atoms with Gasteiger partial charge in [0.1, 0.15) is 5.82 Å². The highest BCUT2D eigenvalue weighted by Gasteiger charge is 2.07. The van der Waals surface area contributed by atoms with Gasteiger partial charge in [-0.3, -0.25) is 0 Å². The molecule has 2 heterocycles. The Balaban J connectivity index is 2.31. The molecule has 0 amide bonds. The van der Waals surface area contributed by atoms with Crippen LogP contribution in [0.5, 0.6) is 0 Å². The van der Waals surface area contributed by atoms with Gasteiger partial charge in [-0.1, -0.05) is 18.2 Å². The van der Waals surface area contributed by atoms with Crippen LogP contribution < -0.4 is 5.73 Å². The maximum absolute atomic E-state index is 5.64. The minimum absolute atomic E-state index is 0.295. The average molecular weight is 224 g/mol. The molecule has 4 nitrogen and oxygen atoms in total. The highest BCUT2D eigenvalue weighted by atomic mass is 15.1. The van der Waals surface area contributed by atoms with Gasteiger partial charge < -0.3 is 10.3 Å². The summed E-state index contributed by atoms with van der Waals surface area (Å²) in [7, 11) is 0. The van der Waals surface area contributed by atoms with E-state index >= 15 is 0 Å². The maximum Gasteiger partial charge on any atom is 0.221 e. The van der Waals surface area contributed by atoms with Gasteiger partial charge in [0.05, 0.1) is 5.52 Å². The predicted octanol–water partition coefficient (Wildman–Crippen LogP) is 2.31. The summed E-state index contributed by atoms with van der Waals surface area (Å²) in [6, 6.07) is 10.2. The fraction of sp³-hybridized carbons (Fsp3) is 0.0769. The largest absolute Gasteiger partial charge is 0.368 e. The van der Waals surface area contributed by atoms with Gasteiger partial charge in [-0.15, -0.1) is 0 Å². The fourth-order valence-electron chi connectivity index (χ4n) is 1.96. The number of nitrogens with zero attached hydrogens (tertiary/aromatic N) is 3. The first-order chi connectivity index (χ1) is 8.25. The maximum atomic E-state index is 5.64. The second kappa shape index (κ2) is 3.59. The molecule has 84 valence electrons. The van der Waals surface area contributed by atoms with Gasteiger partial charge in [0, 0.05) is 18.0 Å². The fourth-order valence-corrected chi connectivity index (χ4v) is 1.96. The van der Waals surface area contributed by atoms with E-state index in [9.17, 15) is 0 Å². The molecule has 0 saturated heterocycles. The number of anilines is 1. The van der Waals surface area contributed by atoms with Crippen molar-refractivity contribution in [2.75, 3.05) is 5.73 Å². The number of nitrogens with two attached hydrogens (primary N) is 1. The molecule has 0 bridgehead atoms. The number of hydrogen-bond donors (Lipinski definition) is 1.